The van der Waals surface area contributed by atoms with Gasteiger partial charge in [-0.2, -0.15) is 0 Å². The molecule has 3 saturated carbocycles. The largest absolute Gasteiger partial charge is 0.462 e. The van der Waals surface area contributed by atoms with Crippen molar-refractivity contribution < 1.29 is 19.1 Å². The number of hydrogen-bond donors (Lipinski definition) is 1. The maximum absolute atomic E-state index is 12.7. The molecule has 8 atom stereocenters. The molecule has 1 N–H and O–H groups in total. The van der Waals surface area contributed by atoms with Gasteiger partial charge in [-0.15, -0.1) is 0 Å². The number of alkyl carbamates (subject to hydrolysis) is 1. The smallest absolute Gasteiger partial charge is 0.407 e. The van der Waals surface area contributed by atoms with E-state index in [1.54, 1.807) is 17.7 Å². The number of ether oxygens (including phenoxy) is 2. The number of anilines is 1. The molecule has 4 aliphatic carbocycles. The maximum atomic E-state index is 12.7. The Morgan fingerprint density at radius 1 is 0.957 bits per heavy atom. The molecule has 4 aliphatic rings. The van der Waals surface area contributed by atoms with Gasteiger partial charge >= 0.3 is 12.1 Å². The highest BCUT2D eigenvalue weighted by Crippen LogP contribution is 2.67. The SMILES string of the molecule is CC(C)CCC[C@@H](C)[C@H]1CC[C@H]2[C@@H]3CC=C4C[C@@H](OC(=O)NCCCOC(=O)c5ccc(N(C)C)cc5)CC[C@]4(C)[C@H]3CC[C@]12C. The number of benzene rings is 1. The van der Waals surface area contributed by atoms with Crippen molar-refractivity contribution in [3.05, 3.63) is 41.5 Å². The van der Waals surface area contributed by atoms with Gasteiger partial charge in [0.1, 0.15) is 6.10 Å². The molecule has 0 heterocycles. The van der Waals surface area contributed by atoms with Gasteiger partial charge in [-0.1, -0.05) is 65.5 Å². The molecule has 0 spiro atoms. The molecule has 1 aromatic carbocycles. The van der Waals surface area contributed by atoms with Crippen LogP contribution in [0, 0.1) is 46.3 Å². The van der Waals surface area contributed by atoms with Gasteiger partial charge in [-0.25, -0.2) is 9.59 Å². The molecule has 46 heavy (non-hydrogen) atoms. The van der Waals surface area contributed by atoms with Crippen LogP contribution in [0.4, 0.5) is 10.5 Å². The second kappa shape index (κ2) is 14.7. The minimum atomic E-state index is -0.360. The Morgan fingerprint density at radius 2 is 1.72 bits per heavy atom. The van der Waals surface area contributed by atoms with Gasteiger partial charge in [0.2, 0.25) is 0 Å². The monoisotopic (exact) mass is 634 g/mol. The van der Waals surface area contributed by atoms with Crippen LogP contribution < -0.4 is 10.2 Å². The Hall–Kier alpha value is -2.50. The molecule has 5 rings (SSSR count). The zero-order valence-corrected chi connectivity index (χ0v) is 29.9. The molecule has 0 saturated heterocycles. The number of rotatable bonds is 12. The van der Waals surface area contributed by atoms with Crippen LogP contribution in [-0.2, 0) is 9.47 Å². The number of hydrogen-bond acceptors (Lipinski definition) is 5. The van der Waals surface area contributed by atoms with E-state index >= 15 is 0 Å². The van der Waals surface area contributed by atoms with Crippen molar-refractivity contribution in [1.29, 1.82) is 0 Å². The fourth-order valence-electron chi connectivity index (χ4n) is 10.4. The summed E-state index contributed by atoms with van der Waals surface area (Å²) in [4.78, 5) is 27.0. The lowest BCUT2D eigenvalue weighted by molar-refractivity contribution is -0.0581. The number of carbonyl (C=O) groups is 2. The summed E-state index contributed by atoms with van der Waals surface area (Å²) >= 11 is 0. The summed E-state index contributed by atoms with van der Waals surface area (Å²) in [7, 11) is 3.92. The Kier molecular flexibility index (Phi) is 11.1. The first kappa shape index (κ1) is 34.8. The van der Waals surface area contributed by atoms with Gasteiger partial charge in [-0.05, 0) is 122 Å². The lowest BCUT2D eigenvalue weighted by Crippen LogP contribution is -2.51. The van der Waals surface area contributed by atoms with E-state index < -0.39 is 0 Å². The number of fused-ring (bicyclic) bond motifs is 5. The standard InChI is InChI=1S/C40H62N2O4/c1-27(2)10-8-11-28(3)34-18-19-35-33-17-14-30-26-32(20-22-39(30,4)36(33)21-23-40(34,35)5)46-38(44)41-24-9-25-45-37(43)29-12-15-31(16-13-29)42(6)7/h12-16,27-28,32-36H,8-11,17-26H2,1-7H3,(H,41,44)/t28-,32+,33+,34-,35+,36+,39+,40-/m1/s1. The summed E-state index contributed by atoms with van der Waals surface area (Å²) in [5, 5.41) is 2.87. The molecule has 0 bridgehead atoms. The van der Waals surface area contributed by atoms with Crippen molar-refractivity contribution in [1.82, 2.24) is 5.32 Å². The van der Waals surface area contributed by atoms with E-state index in [0.717, 1.165) is 60.5 Å². The van der Waals surface area contributed by atoms with Gasteiger partial charge < -0.3 is 19.7 Å². The lowest BCUT2D eigenvalue weighted by atomic mass is 9.47. The zero-order chi connectivity index (χ0) is 33.1. The minimum absolute atomic E-state index is 0.0600. The lowest BCUT2D eigenvalue weighted by Gasteiger charge is -2.58. The van der Waals surface area contributed by atoms with E-state index in [1.165, 1.54) is 51.4 Å². The highest BCUT2D eigenvalue weighted by molar-refractivity contribution is 5.89. The third kappa shape index (κ3) is 7.46. The molecule has 6 heteroatoms. The van der Waals surface area contributed by atoms with Crippen LogP contribution >= 0.6 is 0 Å². The number of amides is 1. The summed E-state index contributed by atoms with van der Waals surface area (Å²) in [6.07, 6.45) is 16.6. The molecule has 6 nitrogen and oxygen atoms in total. The molecule has 0 radical (unpaired) electrons. The Bertz CT molecular complexity index is 1220. The second-order valence-electron chi connectivity index (χ2n) is 16.4. The van der Waals surface area contributed by atoms with Crippen LogP contribution in [0.1, 0.15) is 122 Å². The molecule has 256 valence electrons. The fraction of sp³-hybridized carbons (Fsp3) is 0.750. The quantitative estimate of drug-likeness (QED) is 0.141. The minimum Gasteiger partial charge on any atom is -0.462 e. The van der Waals surface area contributed by atoms with Gasteiger partial charge in [0.05, 0.1) is 12.2 Å². The first-order valence-electron chi connectivity index (χ1n) is 18.5. The van der Waals surface area contributed by atoms with Gasteiger partial charge in [0, 0.05) is 32.7 Å². The first-order chi connectivity index (χ1) is 21.9. The van der Waals surface area contributed by atoms with Gasteiger partial charge in [-0.3, -0.25) is 0 Å². The van der Waals surface area contributed by atoms with E-state index in [1.807, 2.05) is 31.1 Å². The first-order valence-corrected chi connectivity index (χ1v) is 18.5. The number of nitrogens with zero attached hydrogens (tertiary/aromatic N) is 1. The molecule has 1 aromatic rings. The van der Waals surface area contributed by atoms with Crippen molar-refractivity contribution in [3.8, 4) is 0 Å². The van der Waals surface area contributed by atoms with Crippen LogP contribution in [0.2, 0.25) is 0 Å². The van der Waals surface area contributed by atoms with Crippen molar-refractivity contribution in [2.24, 2.45) is 46.3 Å². The third-order valence-electron chi connectivity index (χ3n) is 13.0. The average Bonchev–Trinajstić information content (AvgIpc) is 3.38. The molecule has 0 aromatic heterocycles. The summed E-state index contributed by atoms with van der Waals surface area (Å²) in [6, 6.07) is 7.35. The highest BCUT2D eigenvalue weighted by Gasteiger charge is 2.59. The normalized spacial score (nSPS) is 32.4. The molecular formula is C40H62N2O4. The highest BCUT2D eigenvalue weighted by atomic mass is 16.6. The summed E-state index contributed by atoms with van der Waals surface area (Å²) in [6.45, 7) is 13.1. The van der Waals surface area contributed by atoms with Gasteiger partial charge in [0.15, 0.2) is 0 Å². The molecular weight excluding hydrogens is 572 g/mol. The third-order valence-corrected chi connectivity index (χ3v) is 13.0. The van der Waals surface area contributed by atoms with E-state index in [2.05, 4.69) is 46.0 Å². The summed E-state index contributed by atoms with van der Waals surface area (Å²) < 4.78 is 11.3. The van der Waals surface area contributed by atoms with Crippen LogP contribution in [-0.4, -0.2) is 45.4 Å². The predicted molar refractivity (Wildman–Crippen MR) is 187 cm³/mol. The molecule has 1 amide bonds. The van der Waals surface area contributed by atoms with E-state index in [9.17, 15) is 9.59 Å². The van der Waals surface area contributed by atoms with Crippen LogP contribution in [0.5, 0.6) is 0 Å². The topological polar surface area (TPSA) is 67.9 Å². The molecule has 3 fully saturated rings. The van der Waals surface area contributed by atoms with Crippen molar-refractivity contribution in [2.75, 3.05) is 32.1 Å². The van der Waals surface area contributed by atoms with E-state index in [-0.39, 0.29) is 30.2 Å². The Morgan fingerprint density at radius 3 is 2.43 bits per heavy atom. The fourth-order valence-corrected chi connectivity index (χ4v) is 10.4. The summed E-state index contributed by atoms with van der Waals surface area (Å²) in [5.74, 6) is 4.64. The number of allylic oxidation sites excluding steroid dienone is 1. The van der Waals surface area contributed by atoms with Crippen molar-refractivity contribution in [3.63, 3.8) is 0 Å². The van der Waals surface area contributed by atoms with E-state index in [0.29, 0.717) is 23.9 Å². The van der Waals surface area contributed by atoms with Gasteiger partial charge in [0.25, 0.3) is 0 Å². The Labute approximate surface area is 279 Å². The second-order valence-corrected chi connectivity index (χ2v) is 16.4. The molecule has 0 aliphatic heterocycles. The number of carbonyl (C=O) groups excluding carboxylic acids is 2. The number of nitrogens with one attached hydrogen (secondary N) is 1. The zero-order valence-electron chi connectivity index (χ0n) is 29.9. The average molecular weight is 635 g/mol. The van der Waals surface area contributed by atoms with Crippen LogP contribution in [0.25, 0.3) is 0 Å². The number of esters is 1. The maximum Gasteiger partial charge on any atom is 0.407 e. The van der Waals surface area contributed by atoms with Crippen molar-refractivity contribution in [2.45, 2.75) is 118 Å². The van der Waals surface area contributed by atoms with Crippen molar-refractivity contribution >= 4 is 17.7 Å². The van der Waals surface area contributed by atoms with Crippen LogP contribution in [0.15, 0.2) is 35.9 Å². The predicted octanol–water partition coefficient (Wildman–Crippen LogP) is 9.44. The van der Waals surface area contributed by atoms with Crippen LogP contribution in [0.3, 0.4) is 0 Å². The Balaban J connectivity index is 1.06. The van der Waals surface area contributed by atoms with E-state index in [4.69, 9.17) is 9.47 Å². The molecule has 0 unspecified atom stereocenters. The summed E-state index contributed by atoms with van der Waals surface area (Å²) in [5.41, 5.74) is 3.86.